The van der Waals surface area contributed by atoms with Crippen molar-refractivity contribution in [2.75, 3.05) is 6.61 Å². The van der Waals surface area contributed by atoms with Crippen LogP contribution in [0.25, 0.3) is 5.69 Å². The van der Waals surface area contributed by atoms with Gasteiger partial charge in [0.05, 0.1) is 4.92 Å². The van der Waals surface area contributed by atoms with Gasteiger partial charge >= 0.3 is 5.97 Å². The van der Waals surface area contributed by atoms with Crippen molar-refractivity contribution in [1.29, 1.82) is 0 Å². The molecule has 1 aromatic carbocycles. The van der Waals surface area contributed by atoms with Crippen LogP contribution in [0.4, 0.5) is 10.1 Å². The Kier molecular flexibility index (Phi) is 3.94. The van der Waals surface area contributed by atoms with Crippen molar-refractivity contribution >= 4 is 11.7 Å². The summed E-state index contributed by atoms with van der Waals surface area (Å²) >= 11 is 0. The predicted molar refractivity (Wildman–Crippen MR) is 67.9 cm³/mol. The molecule has 0 saturated carbocycles. The molecule has 0 amide bonds. The third-order valence-corrected chi connectivity index (χ3v) is 2.76. The van der Waals surface area contributed by atoms with Gasteiger partial charge in [-0.1, -0.05) is 0 Å². The molecule has 0 fully saturated rings. The van der Waals surface area contributed by atoms with Gasteiger partial charge in [-0.15, -0.1) is 0 Å². The van der Waals surface area contributed by atoms with Gasteiger partial charge in [0, 0.05) is 30.5 Å². The first-order valence-electron chi connectivity index (χ1n) is 5.81. The van der Waals surface area contributed by atoms with E-state index in [1.165, 1.54) is 6.20 Å². The highest BCUT2D eigenvalue weighted by molar-refractivity contribution is 5.87. The van der Waals surface area contributed by atoms with Crippen LogP contribution in [0.3, 0.4) is 0 Å². The van der Waals surface area contributed by atoms with Crippen LogP contribution in [0.1, 0.15) is 16.1 Å². The van der Waals surface area contributed by atoms with Crippen LogP contribution >= 0.6 is 0 Å². The van der Waals surface area contributed by atoms with Gasteiger partial charge in [-0.3, -0.25) is 10.1 Å². The number of rotatable bonds is 5. The second kappa shape index (κ2) is 5.67. The third-order valence-electron chi connectivity index (χ3n) is 2.76. The van der Waals surface area contributed by atoms with Crippen LogP contribution in [-0.4, -0.2) is 37.5 Å². The fraction of sp³-hybridized carbons (Fsp3) is 0.167. The predicted octanol–water partition coefficient (Wildman–Crippen LogP) is 1.15. The Bertz CT molecular complexity index is 713. The van der Waals surface area contributed by atoms with Gasteiger partial charge in [0.1, 0.15) is 11.5 Å². The number of hydrogen-bond donors (Lipinski definition) is 2. The molecule has 0 saturated heterocycles. The number of aromatic carboxylic acids is 1. The van der Waals surface area contributed by atoms with E-state index in [2.05, 4.69) is 5.10 Å². The Balaban J connectivity index is 2.56. The summed E-state index contributed by atoms with van der Waals surface area (Å²) in [5.41, 5.74) is -0.718. The van der Waals surface area contributed by atoms with Crippen LogP contribution in [0.15, 0.2) is 24.4 Å². The number of non-ortho nitro benzene ring substituents is 1. The molecule has 0 radical (unpaired) electrons. The van der Waals surface area contributed by atoms with Gasteiger partial charge in [-0.2, -0.15) is 5.10 Å². The maximum absolute atomic E-state index is 13.8. The lowest BCUT2D eigenvalue weighted by molar-refractivity contribution is -0.384. The van der Waals surface area contributed by atoms with E-state index in [0.717, 1.165) is 22.9 Å². The minimum atomic E-state index is -1.33. The number of aliphatic hydroxyl groups is 1. The largest absolute Gasteiger partial charge is 0.476 e. The first-order valence-corrected chi connectivity index (χ1v) is 5.81. The van der Waals surface area contributed by atoms with E-state index in [0.29, 0.717) is 0 Å². The monoisotopic (exact) mass is 295 g/mol. The lowest BCUT2D eigenvalue weighted by Crippen LogP contribution is -2.04. The van der Waals surface area contributed by atoms with Gasteiger partial charge in [0.15, 0.2) is 5.69 Å². The summed E-state index contributed by atoms with van der Waals surface area (Å²) in [6, 6.07) is 2.85. The molecule has 21 heavy (non-hydrogen) atoms. The van der Waals surface area contributed by atoms with Crippen molar-refractivity contribution in [3.63, 3.8) is 0 Å². The van der Waals surface area contributed by atoms with Gasteiger partial charge in [0.25, 0.3) is 5.69 Å². The molecule has 2 N–H and O–H groups in total. The normalized spacial score (nSPS) is 10.6. The first-order chi connectivity index (χ1) is 9.93. The van der Waals surface area contributed by atoms with Gasteiger partial charge in [-0.25, -0.2) is 13.9 Å². The number of aromatic nitrogens is 2. The molecular formula is C12H10FN3O5. The minimum Gasteiger partial charge on any atom is -0.476 e. The molecular weight excluding hydrogens is 285 g/mol. The molecule has 0 atom stereocenters. The second-order valence-electron chi connectivity index (χ2n) is 4.12. The molecule has 0 bridgehead atoms. The van der Waals surface area contributed by atoms with E-state index in [1.54, 1.807) is 0 Å². The lowest BCUT2D eigenvalue weighted by Gasteiger charge is -2.02. The van der Waals surface area contributed by atoms with Crippen LogP contribution in [-0.2, 0) is 6.42 Å². The number of benzene rings is 1. The zero-order valence-electron chi connectivity index (χ0n) is 10.6. The summed E-state index contributed by atoms with van der Waals surface area (Å²) in [5.74, 6) is -2.11. The van der Waals surface area contributed by atoms with Gasteiger partial charge in [0.2, 0.25) is 0 Å². The third kappa shape index (κ3) is 2.87. The molecule has 9 heteroatoms. The molecule has 0 spiro atoms. The number of nitrogens with zero attached hydrogens (tertiary/aromatic N) is 3. The summed E-state index contributed by atoms with van der Waals surface area (Å²) in [4.78, 5) is 21.1. The highest BCUT2D eigenvalue weighted by Gasteiger charge is 2.19. The van der Waals surface area contributed by atoms with E-state index in [-0.39, 0.29) is 35.7 Å². The number of carbonyl (C=O) groups is 1. The Hall–Kier alpha value is -2.81. The summed E-state index contributed by atoms with van der Waals surface area (Å²) in [6.07, 6.45) is 1.25. The Morgan fingerprint density at radius 3 is 2.76 bits per heavy atom. The van der Waals surface area contributed by atoms with Crippen molar-refractivity contribution in [1.82, 2.24) is 9.78 Å². The molecule has 1 heterocycles. The van der Waals surface area contributed by atoms with Crippen LogP contribution in [0.2, 0.25) is 0 Å². The maximum atomic E-state index is 13.8. The van der Waals surface area contributed by atoms with Crippen molar-refractivity contribution in [3.8, 4) is 5.69 Å². The Morgan fingerprint density at radius 2 is 2.19 bits per heavy atom. The average Bonchev–Trinajstić information content (AvgIpc) is 2.83. The molecule has 0 unspecified atom stereocenters. The Labute approximate surface area is 117 Å². The van der Waals surface area contributed by atoms with E-state index < -0.39 is 16.7 Å². The standard InChI is InChI=1S/C12H10FN3O5/c13-9-2-1-8(16(20)21)5-10(9)15-6-7(3-4-17)11(14-15)12(18)19/h1-2,5-6,17H,3-4H2,(H,18,19). The van der Waals surface area contributed by atoms with Crippen molar-refractivity contribution < 1.29 is 24.3 Å². The number of halogens is 1. The number of carboxylic acid groups (broad SMARTS) is 1. The van der Waals surface area contributed by atoms with Crippen molar-refractivity contribution in [3.05, 3.63) is 51.6 Å². The number of aliphatic hydroxyl groups excluding tert-OH is 1. The molecule has 8 nitrogen and oxygen atoms in total. The molecule has 0 aliphatic heterocycles. The second-order valence-corrected chi connectivity index (χ2v) is 4.12. The molecule has 0 aliphatic rings. The fourth-order valence-electron chi connectivity index (χ4n) is 1.81. The number of carboxylic acids is 1. The molecule has 2 aromatic rings. The zero-order valence-corrected chi connectivity index (χ0v) is 10.6. The van der Waals surface area contributed by atoms with Crippen LogP contribution in [0, 0.1) is 15.9 Å². The van der Waals surface area contributed by atoms with E-state index in [4.69, 9.17) is 10.2 Å². The number of hydrogen-bond acceptors (Lipinski definition) is 5. The van der Waals surface area contributed by atoms with Crippen molar-refractivity contribution in [2.24, 2.45) is 0 Å². The smallest absolute Gasteiger partial charge is 0.356 e. The van der Waals surface area contributed by atoms with Gasteiger partial charge < -0.3 is 10.2 Å². The summed E-state index contributed by atoms with van der Waals surface area (Å²) in [6.45, 7) is -0.302. The lowest BCUT2D eigenvalue weighted by atomic mass is 10.2. The minimum absolute atomic E-state index is 0.0260. The molecule has 110 valence electrons. The number of nitro groups is 1. The maximum Gasteiger partial charge on any atom is 0.356 e. The summed E-state index contributed by atoms with van der Waals surface area (Å²) in [5, 5.41) is 32.3. The number of nitro benzene ring substituents is 1. The van der Waals surface area contributed by atoms with E-state index >= 15 is 0 Å². The Morgan fingerprint density at radius 1 is 1.48 bits per heavy atom. The topological polar surface area (TPSA) is 118 Å². The quantitative estimate of drug-likeness (QED) is 0.631. The molecule has 2 rings (SSSR count). The fourth-order valence-corrected chi connectivity index (χ4v) is 1.81. The van der Waals surface area contributed by atoms with Crippen LogP contribution < -0.4 is 0 Å². The SMILES string of the molecule is O=C(O)c1nn(-c2cc([N+](=O)[O-])ccc2F)cc1CCO. The summed E-state index contributed by atoms with van der Waals surface area (Å²) in [7, 11) is 0. The summed E-state index contributed by atoms with van der Waals surface area (Å²) < 4.78 is 14.7. The average molecular weight is 295 g/mol. The van der Waals surface area contributed by atoms with Crippen LogP contribution in [0.5, 0.6) is 0 Å². The van der Waals surface area contributed by atoms with Crippen molar-refractivity contribution in [2.45, 2.75) is 6.42 Å². The zero-order chi connectivity index (χ0) is 15.6. The van der Waals surface area contributed by atoms with E-state index in [1.807, 2.05) is 0 Å². The highest BCUT2D eigenvalue weighted by Crippen LogP contribution is 2.21. The van der Waals surface area contributed by atoms with E-state index in [9.17, 15) is 19.3 Å². The molecule has 0 aliphatic carbocycles. The highest BCUT2D eigenvalue weighted by atomic mass is 19.1. The molecule has 1 aromatic heterocycles. The first kappa shape index (κ1) is 14.6. The van der Waals surface area contributed by atoms with Gasteiger partial charge in [-0.05, 0) is 12.5 Å².